The molecule has 108 valence electrons. The number of hydrogen-bond acceptors (Lipinski definition) is 4. The molecule has 2 atom stereocenters. The Morgan fingerprint density at radius 1 is 1.40 bits per heavy atom. The number of para-hydroxylation sites is 1. The van der Waals surface area contributed by atoms with Gasteiger partial charge in [0.25, 0.3) is 11.6 Å². The minimum atomic E-state index is -0.573. The van der Waals surface area contributed by atoms with Crippen LogP contribution in [0.15, 0.2) is 18.2 Å². The molecule has 1 aromatic carbocycles. The molecule has 1 fully saturated rings. The van der Waals surface area contributed by atoms with Gasteiger partial charge in [0.1, 0.15) is 5.56 Å². The molecule has 0 heterocycles. The summed E-state index contributed by atoms with van der Waals surface area (Å²) in [4.78, 5) is 22.7. The molecule has 2 N–H and O–H groups in total. The number of rotatable bonds is 3. The SMILES string of the molecule is Cc1cccc(C(=O)N[C@@H]2CCCC[C@H]2O)c1[N+](=O)[O-]. The van der Waals surface area contributed by atoms with Crippen molar-refractivity contribution in [3.63, 3.8) is 0 Å². The summed E-state index contributed by atoms with van der Waals surface area (Å²) in [5.41, 5.74) is 0.329. The zero-order valence-electron chi connectivity index (χ0n) is 11.3. The Morgan fingerprint density at radius 3 is 2.75 bits per heavy atom. The van der Waals surface area contributed by atoms with Crippen LogP contribution in [0.2, 0.25) is 0 Å². The molecule has 1 aromatic rings. The van der Waals surface area contributed by atoms with Gasteiger partial charge in [-0.15, -0.1) is 0 Å². The number of carbonyl (C=O) groups is 1. The van der Waals surface area contributed by atoms with Crippen LogP contribution in [-0.2, 0) is 0 Å². The minimum absolute atomic E-state index is 0.0489. The van der Waals surface area contributed by atoms with Gasteiger partial charge in [0.05, 0.1) is 17.1 Å². The molecule has 2 rings (SSSR count). The lowest BCUT2D eigenvalue weighted by Crippen LogP contribution is -2.45. The maximum atomic E-state index is 12.2. The van der Waals surface area contributed by atoms with Crippen LogP contribution in [0.25, 0.3) is 0 Å². The molecule has 1 aliphatic rings. The maximum Gasteiger partial charge on any atom is 0.285 e. The quantitative estimate of drug-likeness (QED) is 0.652. The van der Waals surface area contributed by atoms with E-state index in [2.05, 4.69) is 5.32 Å². The van der Waals surface area contributed by atoms with Crippen LogP contribution in [0.3, 0.4) is 0 Å². The first kappa shape index (κ1) is 14.5. The van der Waals surface area contributed by atoms with Crippen LogP contribution in [0.5, 0.6) is 0 Å². The third kappa shape index (κ3) is 2.96. The lowest BCUT2D eigenvalue weighted by Gasteiger charge is -2.28. The number of aryl methyl sites for hydroxylation is 1. The predicted molar refractivity (Wildman–Crippen MR) is 73.6 cm³/mol. The molecule has 0 aromatic heterocycles. The molecule has 0 bridgehead atoms. The first-order valence-corrected chi connectivity index (χ1v) is 6.73. The Labute approximate surface area is 117 Å². The fraction of sp³-hybridized carbons (Fsp3) is 0.500. The number of benzene rings is 1. The second-order valence-corrected chi connectivity index (χ2v) is 5.16. The number of nitro benzene ring substituents is 1. The summed E-state index contributed by atoms with van der Waals surface area (Å²) in [6.45, 7) is 1.60. The van der Waals surface area contributed by atoms with Gasteiger partial charge in [-0.1, -0.05) is 25.0 Å². The van der Waals surface area contributed by atoms with E-state index in [1.54, 1.807) is 19.1 Å². The molecule has 0 radical (unpaired) electrons. The number of aliphatic hydroxyl groups excluding tert-OH is 1. The van der Waals surface area contributed by atoms with Gasteiger partial charge < -0.3 is 10.4 Å². The summed E-state index contributed by atoms with van der Waals surface area (Å²) in [7, 11) is 0. The fourth-order valence-electron chi connectivity index (χ4n) is 2.61. The predicted octanol–water partition coefficient (Wildman–Crippen LogP) is 1.94. The van der Waals surface area contributed by atoms with E-state index in [1.807, 2.05) is 0 Å². The van der Waals surface area contributed by atoms with Gasteiger partial charge in [-0.3, -0.25) is 14.9 Å². The molecule has 0 unspecified atom stereocenters. The number of aliphatic hydroxyl groups is 1. The molecule has 1 saturated carbocycles. The molecule has 0 spiro atoms. The number of nitro groups is 1. The van der Waals surface area contributed by atoms with Gasteiger partial charge in [0, 0.05) is 5.56 Å². The van der Waals surface area contributed by atoms with Crippen molar-refractivity contribution in [2.45, 2.75) is 44.8 Å². The lowest BCUT2D eigenvalue weighted by atomic mass is 9.92. The van der Waals surface area contributed by atoms with E-state index in [4.69, 9.17) is 0 Å². The smallest absolute Gasteiger partial charge is 0.285 e. The molecule has 20 heavy (non-hydrogen) atoms. The molecule has 0 saturated heterocycles. The number of nitrogens with one attached hydrogen (secondary N) is 1. The fourth-order valence-corrected chi connectivity index (χ4v) is 2.61. The maximum absolute atomic E-state index is 12.2. The summed E-state index contributed by atoms with van der Waals surface area (Å²) in [5.74, 6) is -0.494. The lowest BCUT2D eigenvalue weighted by molar-refractivity contribution is -0.385. The standard InChI is InChI=1S/C14H18N2O4/c1-9-5-4-6-10(13(9)16(19)20)14(18)15-11-7-2-3-8-12(11)17/h4-6,11-12,17H,2-3,7-8H2,1H3,(H,15,18)/t11-,12-/m1/s1. The third-order valence-electron chi connectivity index (χ3n) is 3.71. The van der Waals surface area contributed by atoms with Crippen LogP contribution in [-0.4, -0.2) is 28.1 Å². The monoisotopic (exact) mass is 278 g/mol. The number of carbonyl (C=O) groups excluding carboxylic acids is 1. The van der Waals surface area contributed by atoms with Gasteiger partial charge in [-0.05, 0) is 25.8 Å². The van der Waals surface area contributed by atoms with E-state index in [0.717, 1.165) is 12.8 Å². The first-order chi connectivity index (χ1) is 9.50. The zero-order chi connectivity index (χ0) is 14.7. The van der Waals surface area contributed by atoms with Crippen molar-refractivity contribution in [2.24, 2.45) is 0 Å². The summed E-state index contributed by atoms with van der Waals surface area (Å²) in [6, 6.07) is 4.34. The van der Waals surface area contributed by atoms with Gasteiger partial charge in [-0.25, -0.2) is 0 Å². The summed E-state index contributed by atoms with van der Waals surface area (Å²) < 4.78 is 0. The highest BCUT2D eigenvalue weighted by atomic mass is 16.6. The Morgan fingerprint density at radius 2 is 2.10 bits per heavy atom. The average Bonchev–Trinajstić information content (AvgIpc) is 2.40. The normalized spacial score (nSPS) is 22.3. The van der Waals surface area contributed by atoms with Crippen molar-refractivity contribution >= 4 is 11.6 Å². The largest absolute Gasteiger partial charge is 0.391 e. The average molecular weight is 278 g/mol. The van der Waals surface area contributed by atoms with Crippen LogP contribution in [0, 0.1) is 17.0 Å². The van der Waals surface area contributed by atoms with Crippen LogP contribution >= 0.6 is 0 Å². The van der Waals surface area contributed by atoms with Crippen molar-refractivity contribution in [1.82, 2.24) is 5.32 Å². The summed E-state index contributed by atoms with van der Waals surface area (Å²) in [5, 5.41) is 23.6. The minimum Gasteiger partial charge on any atom is -0.391 e. The highest BCUT2D eigenvalue weighted by molar-refractivity contribution is 5.98. The van der Waals surface area contributed by atoms with E-state index in [0.29, 0.717) is 18.4 Å². The molecule has 6 nitrogen and oxygen atoms in total. The second kappa shape index (κ2) is 6.00. The van der Waals surface area contributed by atoms with E-state index in [-0.39, 0.29) is 17.3 Å². The van der Waals surface area contributed by atoms with E-state index >= 15 is 0 Å². The highest BCUT2D eigenvalue weighted by Gasteiger charge is 2.28. The van der Waals surface area contributed by atoms with Crippen LogP contribution < -0.4 is 5.32 Å². The van der Waals surface area contributed by atoms with Crippen molar-refractivity contribution in [1.29, 1.82) is 0 Å². The van der Waals surface area contributed by atoms with E-state index in [1.165, 1.54) is 6.07 Å². The van der Waals surface area contributed by atoms with Crippen LogP contribution in [0.1, 0.15) is 41.6 Å². The molecular formula is C14H18N2O4. The zero-order valence-corrected chi connectivity index (χ0v) is 11.3. The van der Waals surface area contributed by atoms with Gasteiger partial charge in [0.2, 0.25) is 0 Å². The molecule has 1 aliphatic carbocycles. The van der Waals surface area contributed by atoms with Crippen molar-refractivity contribution in [3.05, 3.63) is 39.4 Å². The number of amides is 1. The third-order valence-corrected chi connectivity index (χ3v) is 3.71. The topological polar surface area (TPSA) is 92.5 Å². The van der Waals surface area contributed by atoms with Crippen molar-refractivity contribution in [3.8, 4) is 0 Å². The summed E-state index contributed by atoms with van der Waals surface area (Å²) >= 11 is 0. The summed E-state index contributed by atoms with van der Waals surface area (Å²) in [6.07, 6.45) is 2.67. The molecule has 0 aliphatic heterocycles. The molecule has 6 heteroatoms. The van der Waals surface area contributed by atoms with Crippen molar-refractivity contribution < 1.29 is 14.8 Å². The molecular weight excluding hydrogens is 260 g/mol. The molecule has 1 amide bonds. The van der Waals surface area contributed by atoms with Gasteiger partial charge in [0.15, 0.2) is 0 Å². The van der Waals surface area contributed by atoms with Crippen molar-refractivity contribution in [2.75, 3.05) is 0 Å². The van der Waals surface area contributed by atoms with E-state index < -0.39 is 16.9 Å². The highest BCUT2D eigenvalue weighted by Crippen LogP contribution is 2.24. The van der Waals surface area contributed by atoms with Gasteiger partial charge in [-0.2, -0.15) is 0 Å². The van der Waals surface area contributed by atoms with Crippen LogP contribution in [0.4, 0.5) is 5.69 Å². The van der Waals surface area contributed by atoms with E-state index in [9.17, 15) is 20.0 Å². The number of hydrogen-bond donors (Lipinski definition) is 2. The Kier molecular flexibility index (Phi) is 4.34. The van der Waals surface area contributed by atoms with Gasteiger partial charge >= 0.3 is 0 Å². The Hall–Kier alpha value is -1.95. The number of nitrogens with zero attached hydrogens (tertiary/aromatic N) is 1. The Balaban J connectivity index is 2.21. The Bertz CT molecular complexity index is 530. The second-order valence-electron chi connectivity index (χ2n) is 5.16. The first-order valence-electron chi connectivity index (χ1n) is 6.73.